The van der Waals surface area contributed by atoms with Gasteiger partial charge in [0.15, 0.2) is 0 Å². The number of ether oxygens (including phenoxy) is 1. The summed E-state index contributed by atoms with van der Waals surface area (Å²) in [6, 6.07) is 8.76. The lowest BCUT2D eigenvalue weighted by Gasteiger charge is -2.32. The molecule has 1 aromatic carbocycles. The minimum atomic E-state index is -3.56. The van der Waals surface area contributed by atoms with Crippen LogP contribution in [-0.2, 0) is 10.0 Å². The molecular weight excluding hydrogens is 398 g/mol. The number of benzene rings is 1. The van der Waals surface area contributed by atoms with Crippen molar-refractivity contribution >= 4 is 27.3 Å². The van der Waals surface area contributed by atoms with E-state index in [4.69, 9.17) is 0 Å². The van der Waals surface area contributed by atoms with Crippen LogP contribution in [0.15, 0.2) is 46.0 Å². The minimum absolute atomic E-state index is 0.0652. The van der Waals surface area contributed by atoms with Crippen LogP contribution in [0.3, 0.4) is 0 Å². The van der Waals surface area contributed by atoms with Gasteiger partial charge in [-0.05, 0) is 36.4 Å². The number of alkyl halides is 2. The molecule has 0 bridgehead atoms. The molecule has 10 heteroatoms. The third-order valence-electron chi connectivity index (χ3n) is 4.20. The second-order valence-electron chi connectivity index (χ2n) is 5.99. The van der Waals surface area contributed by atoms with Gasteiger partial charge in [0.25, 0.3) is 5.91 Å². The number of carbonyl (C=O) groups is 1. The Balaban J connectivity index is 1.62. The molecule has 27 heavy (non-hydrogen) atoms. The molecule has 1 aliphatic heterocycles. The Morgan fingerprint density at radius 2 is 1.89 bits per heavy atom. The Labute approximate surface area is 159 Å². The monoisotopic (exact) mass is 416 g/mol. The van der Waals surface area contributed by atoms with Crippen LogP contribution in [0.4, 0.5) is 8.78 Å². The van der Waals surface area contributed by atoms with Crippen LogP contribution < -0.4 is 9.46 Å². The fraction of sp³-hybridized carbons (Fsp3) is 0.353. The molecule has 6 nitrogen and oxygen atoms in total. The van der Waals surface area contributed by atoms with Gasteiger partial charge in [-0.25, -0.2) is 13.1 Å². The highest BCUT2D eigenvalue weighted by Gasteiger charge is 2.28. The maximum atomic E-state index is 12.6. The van der Waals surface area contributed by atoms with Gasteiger partial charge in [0, 0.05) is 19.1 Å². The second-order valence-corrected chi connectivity index (χ2v) is 8.88. The Morgan fingerprint density at radius 1 is 1.19 bits per heavy atom. The molecule has 0 unspecified atom stereocenters. The molecule has 0 saturated carbocycles. The van der Waals surface area contributed by atoms with Crippen LogP contribution in [-0.4, -0.2) is 45.0 Å². The SMILES string of the molecule is O=C(c1ccccc1OC(F)F)N1CCC(NS(=O)(=O)c2cccs2)CC1. The van der Waals surface area contributed by atoms with Crippen molar-refractivity contribution in [3.63, 3.8) is 0 Å². The predicted molar refractivity (Wildman–Crippen MR) is 96.6 cm³/mol. The zero-order valence-electron chi connectivity index (χ0n) is 14.2. The van der Waals surface area contributed by atoms with Crippen LogP contribution >= 0.6 is 11.3 Å². The van der Waals surface area contributed by atoms with Crippen LogP contribution in [0, 0.1) is 0 Å². The molecule has 3 rings (SSSR count). The van der Waals surface area contributed by atoms with Gasteiger partial charge in [-0.2, -0.15) is 8.78 Å². The van der Waals surface area contributed by atoms with Crippen molar-refractivity contribution in [1.29, 1.82) is 0 Å². The van der Waals surface area contributed by atoms with E-state index >= 15 is 0 Å². The van der Waals surface area contributed by atoms with Gasteiger partial charge in [0.05, 0.1) is 5.56 Å². The van der Waals surface area contributed by atoms with Crippen LogP contribution in [0.25, 0.3) is 0 Å². The van der Waals surface area contributed by atoms with Crippen molar-refractivity contribution in [3.8, 4) is 5.75 Å². The van der Waals surface area contributed by atoms with E-state index in [1.54, 1.807) is 17.5 Å². The number of likely N-dealkylation sites (tertiary alicyclic amines) is 1. The summed E-state index contributed by atoms with van der Waals surface area (Å²) in [6.07, 6.45) is 0.877. The summed E-state index contributed by atoms with van der Waals surface area (Å²) in [4.78, 5) is 14.2. The summed E-state index contributed by atoms with van der Waals surface area (Å²) in [7, 11) is -3.56. The van der Waals surface area contributed by atoms with Crippen molar-refractivity contribution in [2.75, 3.05) is 13.1 Å². The number of nitrogens with zero attached hydrogens (tertiary/aromatic N) is 1. The number of para-hydroxylation sites is 1. The minimum Gasteiger partial charge on any atom is -0.434 e. The molecule has 1 amide bonds. The van der Waals surface area contributed by atoms with Crippen molar-refractivity contribution < 1.29 is 26.7 Å². The van der Waals surface area contributed by atoms with Gasteiger partial charge in [-0.1, -0.05) is 18.2 Å². The Hall–Kier alpha value is -2.04. The second kappa shape index (κ2) is 8.32. The van der Waals surface area contributed by atoms with E-state index in [2.05, 4.69) is 9.46 Å². The standard InChI is InChI=1S/C17H18F2N2O4S2/c18-17(19)25-14-5-2-1-4-13(14)16(22)21-9-7-12(8-10-21)20-27(23,24)15-6-3-11-26-15/h1-6,11-12,17,20H,7-10H2. The summed E-state index contributed by atoms with van der Waals surface area (Å²) in [5.74, 6) is -0.580. The predicted octanol–water partition coefficient (Wildman–Crippen LogP) is 2.93. The van der Waals surface area contributed by atoms with Crippen molar-refractivity contribution in [2.45, 2.75) is 29.7 Å². The first kappa shape index (κ1) is 19.7. The number of carbonyl (C=O) groups excluding carboxylic acids is 1. The quantitative estimate of drug-likeness (QED) is 0.786. The number of hydrogen-bond donors (Lipinski definition) is 1. The highest BCUT2D eigenvalue weighted by Crippen LogP contribution is 2.24. The number of thiophene rings is 1. The third-order valence-corrected chi connectivity index (χ3v) is 7.12. The van der Waals surface area contributed by atoms with E-state index in [9.17, 15) is 22.0 Å². The molecule has 146 valence electrons. The van der Waals surface area contributed by atoms with Gasteiger partial charge in [0.2, 0.25) is 10.0 Å². The molecule has 0 radical (unpaired) electrons. The largest absolute Gasteiger partial charge is 0.434 e. The lowest BCUT2D eigenvalue weighted by atomic mass is 10.0. The summed E-state index contributed by atoms with van der Waals surface area (Å²) in [6.45, 7) is -2.38. The first-order valence-corrected chi connectivity index (χ1v) is 10.6. The number of rotatable bonds is 6. The molecule has 1 aliphatic rings. The first-order chi connectivity index (χ1) is 12.9. The van der Waals surface area contributed by atoms with Crippen molar-refractivity contribution in [2.24, 2.45) is 0 Å². The zero-order chi connectivity index (χ0) is 19.4. The third kappa shape index (κ3) is 4.82. The average Bonchev–Trinajstić information content (AvgIpc) is 3.17. The van der Waals surface area contributed by atoms with Crippen LogP contribution in [0.5, 0.6) is 5.75 Å². The van der Waals surface area contributed by atoms with E-state index < -0.39 is 22.5 Å². The number of amides is 1. The van der Waals surface area contributed by atoms with E-state index in [1.807, 2.05) is 0 Å². The molecular formula is C17H18F2N2O4S2. The summed E-state index contributed by atoms with van der Waals surface area (Å²) in [5, 5.41) is 1.69. The lowest BCUT2D eigenvalue weighted by molar-refractivity contribution is -0.0503. The average molecular weight is 416 g/mol. The van der Waals surface area contributed by atoms with Crippen LogP contribution in [0.2, 0.25) is 0 Å². The Kier molecular flexibility index (Phi) is 6.08. The lowest BCUT2D eigenvalue weighted by Crippen LogP contribution is -2.46. The zero-order valence-corrected chi connectivity index (χ0v) is 15.8. The molecule has 2 aromatic rings. The number of piperidine rings is 1. The number of sulfonamides is 1. The molecule has 0 aliphatic carbocycles. The highest BCUT2D eigenvalue weighted by molar-refractivity contribution is 7.91. The number of nitrogens with one attached hydrogen (secondary N) is 1. The normalized spacial score (nSPS) is 15.9. The van der Waals surface area contributed by atoms with E-state index in [1.165, 1.54) is 29.2 Å². The van der Waals surface area contributed by atoms with Gasteiger partial charge in [0.1, 0.15) is 9.96 Å². The van der Waals surface area contributed by atoms with Crippen LogP contribution in [0.1, 0.15) is 23.2 Å². The van der Waals surface area contributed by atoms with E-state index in [0.717, 1.165) is 11.3 Å². The number of halogens is 2. The van der Waals surface area contributed by atoms with Crippen molar-refractivity contribution in [3.05, 3.63) is 47.3 Å². The molecule has 1 saturated heterocycles. The maximum Gasteiger partial charge on any atom is 0.387 e. The highest BCUT2D eigenvalue weighted by atomic mass is 32.2. The topological polar surface area (TPSA) is 75.7 Å². The van der Waals surface area contributed by atoms with Gasteiger partial charge < -0.3 is 9.64 Å². The fourth-order valence-corrected chi connectivity index (χ4v) is 5.22. The molecule has 2 heterocycles. The molecule has 0 spiro atoms. The van der Waals surface area contributed by atoms with Gasteiger partial charge >= 0.3 is 6.61 Å². The molecule has 1 N–H and O–H groups in total. The summed E-state index contributed by atoms with van der Waals surface area (Å²) in [5.41, 5.74) is 0.0652. The van der Waals surface area contributed by atoms with Gasteiger partial charge in [-0.3, -0.25) is 4.79 Å². The Morgan fingerprint density at radius 3 is 2.52 bits per heavy atom. The van der Waals surface area contributed by atoms with Crippen molar-refractivity contribution in [1.82, 2.24) is 9.62 Å². The first-order valence-electron chi connectivity index (χ1n) is 8.26. The van der Waals surface area contributed by atoms with E-state index in [-0.39, 0.29) is 21.6 Å². The summed E-state index contributed by atoms with van der Waals surface area (Å²) >= 11 is 1.14. The maximum absolute atomic E-state index is 12.6. The summed E-state index contributed by atoms with van der Waals surface area (Å²) < 4.78 is 56.9. The molecule has 1 aromatic heterocycles. The van der Waals surface area contributed by atoms with Gasteiger partial charge in [-0.15, -0.1) is 11.3 Å². The van der Waals surface area contributed by atoms with E-state index in [0.29, 0.717) is 25.9 Å². The Bertz CT molecular complexity index is 880. The smallest absolute Gasteiger partial charge is 0.387 e. The molecule has 1 fully saturated rings. The number of hydrogen-bond acceptors (Lipinski definition) is 5. The fourth-order valence-electron chi connectivity index (χ4n) is 2.91. The molecule has 0 atom stereocenters.